The van der Waals surface area contributed by atoms with E-state index in [9.17, 15) is 9.59 Å². The smallest absolute Gasteiger partial charge is 0.329 e. The first kappa shape index (κ1) is 18.5. The Hall–Kier alpha value is -3.28. The zero-order chi connectivity index (χ0) is 19.2. The molecule has 3 rings (SSSR count). The summed E-state index contributed by atoms with van der Waals surface area (Å²) in [5.41, 5.74) is 1.86. The molecule has 0 spiro atoms. The monoisotopic (exact) mass is 366 g/mol. The topological polar surface area (TPSA) is 67.9 Å². The van der Waals surface area contributed by atoms with Crippen molar-refractivity contribution in [3.63, 3.8) is 0 Å². The number of nitrogens with one attached hydrogen (secondary N) is 1. The van der Waals surface area contributed by atoms with Gasteiger partial charge in [0, 0.05) is 0 Å². The Kier molecular flexibility index (Phi) is 5.76. The van der Waals surface area contributed by atoms with Crippen molar-refractivity contribution in [3.8, 4) is 11.5 Å². The fraction of sp³-hybridized carbons (Fsp3) is 0.238. The van der Waals surface area contributed by atoms with Crippen LogP contribution in [0.4, 0.5) is 4.79 Å². The van der Waals surface area contributed by atoms with Gasteiger partial charge in [-0.3, -0.25) is 9.69 Å². The summed E-state index contributed by atoms with van der Waals surface area (Å²) in [6.07, 6.45) is 2.53. The van der Waals surface area contributed by atoms with Gasteiger partial charge in [0.15, 0.2) is 11.5 Å². The van der Waals surface area contributed by atoms with Gasteiger partial charge in [0.25, 0.3) is 5.91 Å². The highest BCUT2D eigenvalue weighted by Gasteiger charge is 2.33. The van der Waals surface area contributed by atoms with Crippen molar-refractivity contribution in [1.29, 1.82) is 0 Å². The Balaban J connectivity index is 1.79. The van der Waals surface area contributed by atoms with Crippen LogP contribution in [0.15, 0.2) is 54.2 Å². The van der Waals surface area contributed by atoms with Gasteiger partial charge in [0.2, 0.25) is 0 Å². The molecular weight excluding hydrogens is 344 g/mol. The molecule has 0 atom stereocenters. The third-order valence-electron chi connectivity index (χ3n) is 4.11. The van der Waals surface area contributed by atoms with Gasteiger partial charge < -0.3 is 14.8 Å². The summed E-state index contributed by atoms with van der Waals surface area (Å²) >= 11 is 0. The lowest BCUT2D eigenvalue weighted by atomic mass is 10.1. The van der Waals surface area contributed by atoms with E-state index < -0.39 is 6.03 Å². The summed E-state index contributed by atoms with van der Waals surface area (Å²) in [6, 6.07) is 14.4. The SMILES string of the molecule is CCCOc1ccc(/C=C2\NC(=O)N(Cc3ccccc3)C2=O)cc1OC. The molecule has 0 aromatic heterocycles. The molecule has 1 aliphatic heterocycles. The van der Waals surface area contributed by atoms with Crippen LogP contribution in [0.5, 0.6) is 11.5 Å². The second kappa shape index (κ2) is 8.40. The van der Waals surface area contributed by atoms with Crippen LogP contribution in [-0.2, 0) is 11.3 Å². The zero-order valence-corrected chi connectivity index (χ0v) is 15.4. The predicted octanol–water partition coefficient (Wildman–Crippen LogP) is 3.58. The van der Waals surface area contributed by atoms with E-state index in [0.29, 0.717) is 18.1 Å². The van der Waals surface area contributed by atoms with Crippen LogP contribution in [0.25, 0.3) is 6.08 Å². The molecular formula is C21H22N2O4. The van der Waals surface area contributed by atoms with E-state index in [1.165, 1.54) is 4.90 Å². The van der Waals surface area contributed by atoms with E-state index in [1.807, 2.05) is 43.3 Å². The van der Waals surface area contributed by atoms with Crippen LogP contribution < -0.4 is 14.8 Å². The van der Waals surface area contributed by atoms with Crippen LogP contribution in [0.1, 0.15) is 24.5 Å². The van der Waals surface area contributed by atoms with Crippen molar-refractivity contribution in [3.05, 3.63) is 65.4 Å². The number of methoxy groups -OCH3 is 1. The summed E-state index contributed by atoms with van der Waals surface area (Å²) < 4.78 is 11.0. The highest BCUT2D eigenvalue weighted by atomic mass is 16.5. The Bertz CT molecular complexity index is 862. The standard InChI is InChI=1S/C21H22N2O4/c1-3-11-27-18-10-9-16(13-19(18)26-2)12-17-20(24)23(21(25)22-17)14-15-7-5-4-6-8-15/h4-10,12-13H,3,11,14H2,1-2H3,(H,22,25)/b17-12-. The Labute approximate surface area is 158 Å². The van der Waals surface area contributed by atoms with E-state index >= 15 is 0 Å². The van der Waals surface area contributed by atoms with Gasteiger partial charge in [0.1, 0.15) is 5.70 Å². The second-order valence-corrected chi connectivity index (χ2v) is 6.12. The van der Waals surface area contributed by atoms with Crippen LogP contribution in [0, 0.1) is 0 Å². The van der Waals surface area contributed by atoms with Gasteiger partial charge in [-0.25, -0.2) is 4.79 Å². The van der Waals surface area contributed by atoms with Gasteiger partial charge in [-0.15, -0.1) is 0 Å². The number of hydrogen-bond donors (Lipinski definition) is 1. The molecule has 3 amide bonds. The number of ether oxygens (including phenoxy) is 2. The number of imide groups is 1. The number of carbonyl (C=O) groups is 2. The third-order valence-corrected chi connectivity index (χ3v) is 4.11. The molecule has 2 aromatic rings. The zero-order valence-electron chi connectivity index (χ0n) is 15.4. The van der Waals surface area contributed by atoms with Crippen molar-refractivity contribution in [2.75, 3.05) is 13.7 Å². The van der Waals surface area contributed by atoms with Crippen LogP contribution in [0.3, 0.4) is 0 Å². The molecule has 0 unspecified atom stereocenters. The third kappa shape index (κ3) is 4.28. The quantitative estimate of drug-likeness (QED) is 0.601. The van der Waals surface area contributed by atoms with Crippen molar-refractivity contribution in [2.45, 2.75) is 19.9 Å². The minimum atomic E-state index is -0.426. The highest BCUT2D eigenvalue weighted by molar-refractivity contribution is 6.13. The maximum Gasteiger partial charge on any atom is 0.329 e. The molecule has 0 radical (unpaired) electrons. The molecule has 1 N–H and O–H groups in total. The van der Waals surface area contributed by atoms with Gasteiger partial charge in [-0.05, 0) is 35.8 Å². The Morgan fingerprint density at radius 2 is 1.85 bits per heavy atom. The molecule has 1 heterocycles. The van der Waals surface area contributed by atoms with E-state index in [0.717, 1.165) is 17.5 Å². The molecule has 140 valence electrons. The number of rotatable bonds is 7. The molecule has 27 heavy (non-hydrogen) atoms. The van der Waals surface area contributed by atoms with E-state index in [-0.39, 0.29) is 18.1 Å². The van der Waals surface area contributed by atoms with Crippen LogP contribution in [0.2, 0.25) is 0 Å². The average Bonchev–Trinajstić information content (AvgIpc) is 2.95. The number of hydrogen-bond acceptors (Lipinski definition) is 4. The minimum Gasteiger partial charge on any atom is -0.493 e. The predicted molar refractivity (Wildman–Crippen MR) is 102 cm³/mol. The van der Waals surface area contributed by atoms with Crippen LogP contribution >= 0.6 is 0 Å². The first-order valence-corrected chi connectivity index (χ1v) is 8.81. The Morgan fingerprint density at radius 3 is 2.56 bits per heavy atom. The number of urea groups is 1. The van der Waals surface area contributed by atoms with Crippen molar-refractivity contribution < 1.29 is 19.1 Å². The fourth-order valence-corrected chi connectivity index (χ4v) is 2.75. The van der Waals surface area contributed by atoms with E-state index in [2.05, 4.69) is 5.32 Å². The highest BCUT2D eigenvalue weighted by Crippen LogP contribution is 2.29. The lowest BCUT2D eigenvalue weighted by Crippen LogP contribution is -2.30. The van der Waals surface area contributed by atoms with E-state index in [1.54, 1.807) is 25.3 Å². The number of nitrogens with zero attached hydrogens (tertiary/aromatic N) is 1. The van der Waals surface area contributed by atoms with Gasteiger partial charge in [0.05, 0.1) is 20.3 Å². The van der Waals surface area contributed by atoms with Crippen LogP contribution in [-0.4, -0.2) is 30.6 Å². The van der Waals surface area contributed by atoms with Gasteiger partial charge in [-0.2, -0.15) is 0 Å². The van der Waals surface area contributed by atoms with Gasteiger partial charge >= 0.3 is 6.03 Å². The summed E-state index contributed by atoms with van der Waals surface area (Å²) in [6.45, 7) is 2.86. The van der Waals surface area contributed by atoms with Crippen molar-refractivity contribution >= 4 is 18.0 Å². The second-order valence-electron chi connectivity index (χ2n) is 6.12. The molecule has 1 aliphatic rings. The van der Waals surface area contributed by atoms with Crippen molar-refractivity contribution in [2.24, 2.45) is 0 Å². The summed E-state index contributed by atoms with van der Waals surface area (Å²) in [5, 5.41) is 2.64. The molecule has 0 bridgehead atoms. The molecule has 0 aliphatic carbocycles. The van der Waals surface area contributed by atoms with Crippen molar-refractivity contribution in [1.82, 2.24) is 10.2 Å². The first-order valence-electron chi connectivity index (χ1n) is 8.81. The lowest BCUT2D eigenvalue weighted by Gasteiger charge is -2.11. The normalized spacial score (nSPS) is 15.2. The molecule has 6 heteroatoms. The number of benzene rings is 2. The average molecular weight is 366 g/mol. The largest absolute Gasteiger partial charge is 0.493 e. The molecule has 6 nitrogen and oxygen atoms in total. The maximum absolute atomic E-state index is 12.6. The fourth-order valence-electron chi connectivity index (χ4n) is 2.75. The first-order chi connectivity index (χ1) is 13.1. The van der Waals surface area contributed by atoms with E-state index in [4.69, 9.17) is 9.47 Å². The minimum absolute atomic E-state index is 0.232. The number of carbonyl (C=O) groups excluding carboxylic acids is 2. The Morgan fingerprint density at radius 1 is 1.07 bits per heavy atom. The molecule has 1 saturated heterocycles. The van der Waals surface area contributed by atoms with Gasteiger partial charge in [-0.1, -0.05) is 43.3 Å². The summed E-state index contributed by atoms with van der Waals surface area (Å²) in [5.74, 6) is 0.874. The molecule has 2 aromatic carbocycles. The summed E-state index contributed by atoms with van der Waals surface area (Å²) in [7, 11) is 1.56. The summed E-state index contributed by atoms with van der Waals surface area (Å²) in [4.78, 5) is 26.0. The molecule has 1 fully saturated rings. The lowest BCUT2D eigenvalue weighted by molar-refractivity contribution is -0.123. The maximum atomic E-state index is 12.6. The number of amides is 3. The molecule has 0 saturated carbocycles.